The number of alkyl halides is 5. The Morgan fingerprint density at radius 2 is 1.86 bits per heavy atom. The van der Waals surface area contributed by atoms with E-state index in [1.807, 2.05) is 0 Å². The molecule has 148 valence electrons. The first-order chi connectivity index (χ1) is 13.3. The van der Waals surface area contributed by atoms with Crippen LogP contribution < -0.4 is 4.90 Å². The Bertz CT molecular complexity index is 984. The van der Waals surface area contributed by atoms with Crippen LogP contribution in [0, 0.1) is 0 Å². The van der Waals surface area contributed by atoms with Gasteiger partial charge < -0.3 is 4.90 Å². The lowest BCUT2D eigenvalue weighted by Crippen LogP contribution is -2.38. The van der Waals surface area contributed by atoms with Gasteiger partial charge in [0.05, 0.1) is 11.6 Å². The molecule has 1 atom stereocenters. The van der Waals surface area contributed by atoms with E-state index in [2.05, 4.69) is 15.1 Å². The topological polar surface area (TPSA) is 46.8 Å². The van der Waals surface area contributed by atoms with Crippen molar-refractivity contribution in [2.75, 3.05) is 18.0 Å². The van der Waals surface area contributed by atoms with Gasteiger partial charge in [-0.15, -0.1) is 0 Å². The molecule has 5 nitrogen and oxygen atoms in total. The van der Waals surface area contributed by atoms with Gasteiger partial charge in [-0.3, -0.25) is 4.68 Å². The van der Waals surface area contributed by atoms with E-state index in [4.69, 9.17) is 0 Å². The molecule has 0 amide bonds. The first-order valence-corrected chi connectivity index (χ1v) is 8.75. The van der Waals surface area contributed by atoms with Gasteiger partial charge in [0, 0.05) is 24.7 Å². The Morgan fingerprint density at radius 1 is 1.07 bits per heavy atom. The predicted octanol–water partition coefficient (Wildman–Crippen LogP) is 4.62. The van der Waals surface area contributed by atoms with Crippen LogP contribution in [0.1, 0.15) is 36.8 Å². The lowest BCUT2D eigenvalue weighted by molar-refractivity contribution is -0.145. The Kier molecular flexibility index (Phi) is 4.64. The molecule has 0 saturated carbocycles. The number of para-hydroxylation sites is 1. The molecule has 1 fully saturated rings. The molecular formula is C18H16F5N5. The van der Waals surface area contributed by atoms with Crippen LogP contribution >= 0.6 is 0 Å². The average Bonchev–Trinajstić information content (AvgIpc) is 3.17. The second-order valence-electron chi connectivity index (χ2n) is 6.62. The van der Waals surface area contributed by atoms with Crippen molar-refractivity contribution in [3.05, 3.63) is 48.0 Å². The molecule has 1 unspecified atom stereocenters. The van der Waals surface area contributed by atoms with Gasteiger partial charge in [0.2, 0.25) is 0 Å². The van der Waals surface area contributed by atoms with Crippen molar-refractivity contribution < 1.29 is 22.0 Å². The minimum absolute atomic E-state index is 0.189. The summed E-state index contributed by atoms with van der Waals surface area (Å²) in [4.78, 5) is 9.66. The van der Waals surface area contributed by atoms with Crippen molar-refractivity contribution in [3.8, 4) is 0 Å². The highest BCUT2D eigenvalue weighted by molar-refractivity contribution is 5.89. The van der Waals surface area contributed by atoms with E-state index in [-0.39, 0.29) is 6.54 Å². The third-order valence-electron chi connectivity index (χ3n) is 4.80. The number of nitrogens with zero attached hydrogens (tertiary/aromatic N) is 5. The fraction of sp³-hybridized carbons (Fsp3) is 0.389. The second-order valence-corrected chi connectivity index (χ2v) is 6.62. The monoisotopic (exact) mass is 397 g/mol. The van der Waals surface area contributed by atoms with Crippen molar-refractivity contribution in [2.45, 2.75) is 31.5 Å². The number of anilines is 1. The van der Waals surface area contributed by atoms with Crippen LogP contribution in [0.3, 0.4) is 0 Å². The number of aromatic nitrogens is 4. The lowest BCUT2D eigenvalue weighted by atomic mass is 10.0. The highest BCUT2D eigenvalue weighted by Crippen LogP contribution is 2.35. The summed E-state index contributed by atoms with van der Waals surface area (Å²) in [5.74, 6) is -0.280. The maximum atomic E-state index is 13.2. The van der Waals surface area contributed by atoms with E-state index in [0.29, 0.717) is 36.1 Å². The Hall–Kier alpha value is -2.78. The van der Waals surface area contributed by atoms with Crippen molar-refractivity contribution in [1.29, 1.82) is 0 Å². The van der Waals surface area contributed by atoms with Crippen molar-refractivity contribution >= 4 is 16.7 Å². The summed E-state index contributed by atoms with van der Waals surface area (Å²) in [5, 5.41) is 4.45. The average molecular weight is 397 g/mol. The van der Waals surface area contributed by atoms with Crippen LogP contribution in [0.4, 0.5) is 27.8 Å². The van der Waals surface area contributed by atoms with E-state index >= 15 is 0 Å². The molecule has 0 radical (unpaired) electrons. The van der Waals surface area contributed by atoms with E-state index in [1.54, 1.807) is 29.2 Å². The molecule has 10 heteroatoms. The van der Waals surface area contributed by atoms with Crippen LogP contribution in [-0.2, 0) is 6.18 Å². The van der Waals surface area contributed by atoms with Gasteiger partial charge in [0.25, 0.3) is 6.43 Å². The summed E-state index contributed by atoms with van der Waals surface area (Å²) in [6, 6.07) is 7.17. The Balaban J connectivity index is 1.72. The van der Waals surface area contributed by atoms with E-state index in [0.717, 1.165) is 16.9 Å². The number of rotatable bonds is 3. The third-order valence-corrected chi connectivity index (χ3v) is 4.80. The van der Waals surface area contributed by atoms with Gasteiger partial charge in [-0.2, -0.15) is 18.3 Å². The zero-order valence-corrected chi connectivity index (χ0v) is 14.6. The van der Waals surface area contributed by atoms with E-state index < -0.39 is 30.2 Å². The molecule has 2 aromatic heterocycles. The molecule has 1 aromatic carbocycles. The number of fused-ring (bicyclic) bond motifs is 1. The van der Waals surface area contributed by atoms with Crippen LogP contribution in [0.15, 0.2) is 36.5 Å². The van der Waals surface area contributed by atoms with Gasteiger partial charge in [-0.1, -0.05) is 12.1 Å². The number of piperidine rings is 1. The number of benzene rings is 1. The first kappa shape index (κ1) is 18.6. The lowest BCUT2D eigenvalue weighted by Gasteiger charge is -2.35. The standard InChI is InChI=1S/C18H16F5N5/c19-15(20)16-25-13-6-2-1-5-12(13)17(26-16)27-9-3-4-11(10-27)28-14(7-8-24-28)18(21,22)23/h1-2,5-8,11,15H,3-4,9-10H2. The molecule has 0 aliphatic carbocycles. The number of halogens is 5. The minimum Gasteiger partial charge on any atom is -0.354 e. The van der Waals surface area contributed by atoms with Crippen molar-refractivity contribution in [1.82, 2.24) is 19.7 Å². The molecule has 1 aliphatic rings. The molecule has 1 saturated heterocycles. The summed E-state index contributed by atoms with van der Waals surface area (Å²) < 4.78 is 67.1. The highest BCUT2D eigenvalue weighted by atomic mass is 19.4. The first-order valence-electron chi connectivity index (χ1n) is 8.75. The van der Waals surface area contributed by atoms with Gasteiger partial charge in [0.15, 0.2) is 5.82 Å². The zero-order chi connectivity index (χ0) is 19.9. The summed E-state index contributed by atoms with van der Waals surface area (Å²) in [6.07, 6.45) is -5.14. The summed E-state index contributed by atoms with van der Waals surface area (Å²) in [7, 11) is 0. The molecule has 0 spiro atoms. The maximum absolute atomic E-state index is 13.2. The predicted molar refractivity (Wildman–Crippen MR) is 92.2 cm³/mol. The summed E-state index contributed by atoms with van der Waals surface area (Å²) in [6.45, 7) is 0.692. The highest BCUT2D eigenvalue weighted by Gasteiger charge is 2.37. The van der Waals surface area contributed by atoms with E-state index in [9.17, 15) is 22.0 Å². The van der Waals surface area contributed by atoms with Crippen LogP contribution in [0.2, 0.25) is 0 Å². The Morgan fingerprint density at radius 3 is 2.61 bits per heavy atom. The normalized spacial score (nSPS) is 18.2. The zero-order valence-electron chi connectivity index (χ0n) is 14.6. The number of hydrogen-bond donors (Lipinski definition) is 0. The molecule has 0 N–H and O–H groups in total. The smallest absolute Gasteiger partial charge is 0.354 e. The molecule has 3 aromatic rings. The van der Waals surface area contributed by atoms with Gasteiger partial charge in [0.1, 0.15) is 11.5 Å². The van der Waals surface area contributed by atoms with E-state index in [1.165, 1.54) is 0 Å². The minimum atomic E-state index is -4.51. The molecular weight excluding hydrogens is 381 g/mol. The summed E-state index contributed by atoms with van der Waals surface area (Å²) in [5.41, 5.74) is -0.444. The fourth-order valence-electron chi connectivity index (χ4n) is 3.59. The van der Waals surface area contributed by atoms with Gasteiger partial charge >= 0.3 is 6.18 Å². The second kappa shape index (κ2) is 6.99. The molecule has 1 aliphatic heterocycles. The molecule has 0 bridgehead atoms. The Labute approximate surface area is 156 Å². The third kappa shape index (κ3) is 3.38. The molecule has 28 heavy (non-hydrogen) atoms. The number of hydrogen-bond acceptors (Lipinski definition) is 4. The van der Waals surface area contributed by atoms with Crippen molar-refractivity contribution in [3.63, 3.8) is 0 Å². The maximum Gasteiger partial charge on any atom is 0.433 e. The van der Waals surface area contributed by atoms with Crippen molar-refractivity contribution in [2.24, 2.45) is 0 Å². The van der Waals surface area contributed by atoms with Crippen LogP contribution in [0.25, 0.3) is 10.9 Å². The van der Waals surface area contributed by atoms with Crippen LogP contribution in [0.5, 0.6) is 0 Å². The molecule has 3 heterocycles. The quantitative estimate of drug-likeness (QED) is 0.605. The van der Waals surface area contributed by atoms with Gasteiger partial charge in [-0.25, -0.2) is 18.7 Å². The van der Waals surface area contributed by atoms with Gasteiger partial charge in [-0.05, 0) is 31.0 Å². The van der Waals surface area contributed by atoms with Crippen LogP contribution in [-0.4, -0.2) is 32.8 Å². The SMILES string of the molecule is FC(F)c1nc(N2CCCC(n3nccc3C(F)(F)F)C2)c2ccccc2n1. The fourth-order valence-corrected chi connectivity index (χ4v) is 3.59. The largest absolute Gasteiger partial charge is 0.433 e. The summed E-state index contributed by atoms with van der Waals surface area (Å²) >= 11 is 0. The molecule has 4 rings (SSSR count).